The Morgan fingerprint density at radius 3 is 2.59 bits per heavy atom. The van der Waals surface area contributed by atoms with Crippen LogP contribution in [-0.4, -0.2) is 35.5 Å². The number of rotatable bonds is 5. The van der Waals surface area contributed by atoms with Crippen LogP contribution in [0.4, 0.5) is 8.78 Å². The normalized spacial score (nSPS) is 19.9. The van der Waals surface area contributed by atoms with Gasteiger partial charge in [0, 0.05) is 30.4 Å². The predicted octanol–water partition coefficient (Wildman–Crippen LogP) is 4.99. The van der Waals surface area contributed by atoms with E-state index in [1.165, 1.54) is 38.1 Å². The van der Waals surface area contributed by atoms with Gasteiger partial charge >= 0.3 is 5.69 Å². The quantitative estimate of drug-likeness (QED) is 0.309. The molecule has 44 heavy (non-hydrogen) atoms. The number of pyridine rings is 2. The molecular weight excluding hydrogens is 566 g/mol. The molecule has 2 aliphatic carbocycles. The average Bonchev–Trinajstić information content (AvgIpc) is 3.46. The SMILES string of the molecule is O=C(NC1CCC(n2c(=O)c3cc(F)cnc3n(-c3cccc(C4C=CC=CC4)c3)c2=O)CC1)c1cn2cc(F)ccc2n1. The van der Waals surface area contributed by atoms with Gasteiger partial charge in [0.1, 0.15) is 23.0 Å². The summed E-state index contributed by atoms with van der Waals surface area (Å²) in [7, 11) is 0. The van der Waals surface area contributed by atoms with Gasteiger partial charge in [0.25, 0.3) is 11.5 Å². The van der Waals surface area contributed by atoms with Gasteiger partial charge in [-0.3, -0.25) is 14.2 Å². The molecule has 1 saturated carbocycles. The highest BCUT2D eigenvalue weighted by Gasteiger charge is 2.28. The fraction of sp³-hybridized carbons (Fsp3) is 0.242. The van der Waals surface area contributed by atoms with E-state index in [9.17, 15) is 23.2 Å². The molecule has 4 heterocycles. The summed E-state index contributed by atoms with van der Waals surface area (Å²) in [5.74, 6) is -1.34. The number of carbonyl (C=O) groups excluding carboxylic acids is 1. The van der Waals surface area contributed by atoms with Crippen LogP contribution in [0.25, 0.3) is 22.4 Å². The van der Waals surface area contributed by atoms with Gasteiger partial charge in [-0.25, -0.2) is 28.1 Å². The number of amides is 1. The zero-order chi connectivity index (χ0) is 30.4. The Balaban J connectivity index is 1.18. The number of nitrogens with one attached hydrogen (secondary N) is 1. The monoisotopic (exact) mass is 594 g/mol. The number of halogens is 2. The maximum atomic E-state index is 14.4. The van der Waals surface area contributed by atoms with E-state index in [1.54, 1.807) is 6.07 Å². The third-order valence-electron chi connectivity index (χ3n) is 8.47. The van der Waals surface area contributed by atoms with Crippen LogP contribution >= 0.6 is 0 Å². The third-order valence-corrected chi connectivity index (χ3v) is 8.47. The second kappa shape index (κ2) is 11.1. The molecule has 7 rings (SSSR count). The van der Waals surface area contributed by atoms with Crippen LogP contribution in [0.2, 0.25) is 0 Å². The van der Waals surface area contributed by atoms with Crippen molar-refractivity contribution in [1.29, 1.82) is 0 Å². The van der Waals surface area contributed by atoms with Gasteiger partial charge < -0.3 is 9.72 Å². The van der Waals surface area contributed by atoms with E-state index in [0.717, 1.165) is 24.2 Å². The summed E-state index contributed by atoms with van der Waals surface area (Å²) in [4.78, 5) is 49.1. The van der Waals surface area contributed by atoms with E-state index in [-0.39, 0.29) is 34.6 Å². The number of allylic oxidation sites excluding steroid dienone is 4. The molecular formula is C33H28F2N6O3. The van der Waals surface area contributed by atoms with Gasteiger partial charge in [0.05, 0.1) is 17.3 Å². The number of hydrogen-bond acceptors (Lipinski definition) is 5. The topological polar surface area (TPSA) is 103 Å². The first-order chi connectivity index (χ1) is 21.4. The molecule has 5 aromatic rings. The maximum absolute atomic E-state index is 14.4. The fourth-order valence-electron chi connectivity index (χ4n) is 6.27. The lowest BCUT2D eigenvalue weighted by molar-refractivity contribution is 0.0917. The van der Waals surface area contributed by atoms with Crippen molar-refractivity contribution in [2.24, 2.45) is 0 Å². The van der Waals surface area contributed by atoms with Crippen LogP contribution in [0.5, 0.6) is 0 Å². The van der Waals surface area contributed by atoms with E-state index < -0.39 is 28.9 Å². The minimum absolute atomic E-state index is 0.0224. The highest BCUT2D eigenvalue weighted by Crippen LogP contribution is 2.29. The molecule has 0 saturated heterocycles. The van der Waals surface area contributed by atoms with Gasteiger partial charge in [-0.05, 0) is 68.0 Å². The number of hydrogen-bond donors (Lipinski definition) is 1. The highest BCUT2D eigenvalue weighted by atomic mass is 19.1. The summed E-state index contributed by atoms with van der Waals surface area (Å²) in [6.45, 7) is 0. The molecule has 222 valence electrons. The molecule has 11 heteroatoms. The van der Waals surface area contributed by atoms with Crippen LogP contribution in [0, 0.1) is 11.6 Å². The van der Waals surface area contributed by atoms with Crippen molar-refractivity contribution in [2.75, 3.05) is 0 Å². The third kappa shape index (κ3) is 5.04. The van der Waals surface area contributed by atoms with Crippen LogP contribution in [0.1, 0.15) is 60.1 Å². The Morgan fingerprint density at radius 2 is 1.80 bits per heavy atom. The summed E-state index contributed by atoms with van der Waals surface area (Å²) in [6, 6.07) is 10.8. The predicted molar refractivity (Wildman–Crippen MR) is 161 cm³/mol. The highest BCUT2D eigenvalue weighted by molar-refractivity contribution is 5.93. The van der Waals surface area contributed by atoms with Gasteiger partial charge in [-0.15, -0.1) is 0 Å². The van der Waals surface area contributed by atoms with Crippen molar-refractivity contribution in [1.82, 2.24) is 28.8 Å². The molecule has 0 bridgehead atoms. The lowest BCUT2D eigenvalue weighted by Gasteiger charge is -2.30. The Kier molecular flexibility index (Phi) is 7.00. The zero-order valence-corrected chi connectivity index (χ0v) is 23.6. The smallest absolute Gasteiger partial charge is 0.337 e. The second-order valence-corrected chi connectivity index (χ2v) is 11.3. The molecule has 0 spiro atoms. The number of benzene rings is 1. The standard InChI is InChI=1S/C33H28F2N6O3/c34-22-9-14-29-38-28(19-39(29)18-22)31(42)37-24-10-12-25(13-11-24)41-32(43)27-16-23(35)17-36-30(27)40(33(41)44)26-8-4-7-21(15-26)20-5-2-1-3-6-20/h1-5,7-9,14-20,24-25H,6,10-13H2,(H,37,42). The summed E-state index contributed by atoms with van der Waals surface area (Å²) < 4.78 is 32.0. The largest absolute Gasteiger partial charge is 0.348 e. The molecule has 1 fully saturated rings. The van der Waals surface area contributed by atoms with Crippen molar-refractivity contribution in [3.8, 4) is 5.69 Å². The Morgan fingerprint density at radius 1 is 0.955 bits per heavy atom. The first kappa shape index (κ1) is 27.6. The molecule has 1 N–H and O–H groups in total. The first-order valence-electron chi connectivity index (χ1n) is 14.6. The van der Waals surface area contributed by atoms with Gasteiger partial charge in [0.15, 0.2) is 5.65 Å². The Bertz CT molecular complexity index is 2100. The molecule has 1 unspecified atom stereocenters. The summed E-state index contributed by atoms with van der Waals surface area (Å²) >= 11 is 0. The molecule has 1 amide bonds. The Hall–Kier alpha value is -5.19. The molecule has 1 aromatic carbocycles. The minimum Gasteiger partial charge on any atom is -0.348 e. The van der Waals surface area contributed by atoms with E-state index in [2.05, 4.69) is 27.4 Å². The number of fused-ring (bicyclic) bond motifs is 2. The number of imidazole rings is 1. The van der Waals surface area contributed by atoms with Crippen molar-refractivity contribution >= 4 is 22.6 Å². The lowest BCUT2D eigenvalue weighted by Crippen LogP contribution is -2.45. The first-order valence-corrected chi connectivity index (χ1v) is 14.6. The van der Waals surface area contributed by atoms with E-state index in [1.807, 2.05) is 30.4 Å². The van der Waals surface area contributed by atoms with Crippen molar-refractivity contribution in [3.05, 3.63) is 129 Å². The van der Waals surface area contributed by atoms with Crippen LogP contribution in [0.3, 0.4) is 0 Å². The zero-order valence-electron chi connectivity index (χ0n) is 23.6. The lowest BCUT2D eigenvalue weighted by atomic mass is 9.90. The van der Waals surface area contributed by atoms with Crippen LogP contribution in [-0.2, 0) is 0 Å². The van der Waals surface area contributed by atoms with Crippen LogP contribution in [0.15, 0.2) is 94.9 Å². The number of aromatic nitrogens is 5. The number of carbonyl (C=O) groups is 1. The summed E-state index contributed by atoms with van der Waals surface area (Å²) in [6.07, 6.45) is 14.7. The molecule has 0 aliphatic heterocycles. The second-order valence-electron chi connectivity index (χ2n) is 11.3. The molecule has 0 radical (unpaired) electrons. The summed E-state index contributed by atoms with van der Waals surface area (Å²) in [5, 5.41) is 3.00. The van der Waals surface area contributed by atoms with Crippen LogP contribution < -0.4 is 16.6 Å². The minimum atomic E-state index is -0.666. The van der Waals surface area contributed by atoms with Gasteiger partial charge in [-0.2, -0.15) is 0 Å². The Labute approximate surface area is 249 Å². The van der Waals surface area contributed by atoms with Gasteiger partial charge in [-0.1, -0.05) is 36.4 Å². The average molecular weight is 595 g/mol. The molecule has 2 aliphatic rings. The summed E-state index contributed by atoms with van der Waals surface area (Å²) in [5.41, 5.74) is 1.15. The number of nitrogens with zero attached hydrogens (tertiary/aromatic N) is 5. The van der Waals surface area contributed by atoms with E-state index in [4.69, 9.17) is 0 Å². The van der Waals surface area contributed by atoms with Gasteiger partial charge in [0.2, 0.25) is 0 Å². The molecule has 4 aromatic heterocycles. The van der Waals surface area contributed by atoms with Crippen molar-refractivity contribution in [3.63, 3.8) is 0 Å². The molecule has 9 nitrogen and oxygen atoms in total. The fourth-order valence-corrected chi connectivity index (χ4v) is 6.27. The maximum Gasteiger partial charge on any atom is 0.337 e. The van der Waals surface area contributed by atoms with Crippen molar-refractivity contribution < 1.29 is 13.6 Å². The van der Waals surface area contributed by atoms with E-state index >= 15 is 0 Å². The molecule has 1 atom stereocenters. The van der Waals surface area contributed by atoms with E-state index in [0.29, 0.717) is 37.0 Å². The van der Waals surface area contributed by atoms with Crippen molar-refractivity contribution in [2.45, 2.75) is 50.1 Å².